The van der Waals surface area contributed by atoms with Crippen LogP contribution in [0.3, 0.4) is 0 Å². The van der Waals surface area contributed by atoms with Crippen LogP contribution in [-0.4, -0.2) is 43.6 Å². The molecule has 8 heteroatoms. The number of nitrogens with two attached hydrogens (primary N) is 1. The van der Waals surface area contributed by atoms with Crippen molar-refractivity contribution in [3.8, 4) is 0 Å². The number of rotatable bonds is 6. The van der Waals surface area contributed by atoms with Crippen LogP contribution in [0, 0.1) is 0 Å². The minimum atomic E-state index is -0.529. The summed E-state index contributed by atoms with van der Waals surface area (Å²) in [5, 5.41) is 19.3. The van der Waals surface area contributed by atoms with Crippen LogP contribution in [0.2, 0.25) is 0 Å². The molecule has 0 saturated carbocycles. The SMILES string of the molecule is CC(O)CC(CO)OCn1cc(Br)c2c(N)ncnc21. The Morgan fingerprint density at radius 3 is 2.90 bits per heavy atom. The Labute approximate surface area is 124 Å². The summed E-state index contributed by atoms with van der Waals surface area (Å²) in [5.74, 6) is 0.392. The van der Waals surface area contributed by atoms with Gasteiger partial charge in [0.15, 0.2) is 0 Å². The Bertz CT molecular complexity index is 587. The quantitative estimate of drug-likeness (QED) is 0.718. The molecule has 0 aliphatic rings. The molecule has 110 valence electrons. The number of aromatic nitrogens is 3. The smallest absolute Gasteiger partial charge is 0.148 e. The lowest BCUT2D eigenvalue weighted by atomic mass is 10.2. The number of nitrogen functional groups attached to an aromatic ring is 1. The molecule has 2 unspecified atom stereocenters. The highest BCUT2D eigenvalue weighted by Crippen LogP contribution is 2.28. The number of fused-ring (bicyclic) bond motifs is 1. The molecule has 2 atom stereocenters. The second kappa shape index (κ2) is 6.49. The zero-order valence-corrected chi connectivity index (χ0v) is 12.6. The molecule has 7 nitrogen and oxygen atoms in total. The third-order valence-electron chi connectivity index (χ3n) is 2.89. The first-order valence-corrected chi connectivity index (χ1v) is 6.97. The number of halogens is 1. The van der Waals surface area contributed by atoms with Gasteiger partial charge in [-0.15, -0.1) is 0 Å². The molecule has 0 aliphatic carbocycles. The maximum atomic E-state index is 9.32. The summed E-state index contributed by atoms with van der Waals surface area (Å²) < 4.78 is 8.13. The van der Waals surface area contributed by atoms with Crippen molar-refractivity contribution in [2.45, 2.75) is 32.3 Å². The number of ether oxygens (including phenoxy) is 1. The Balaban J connectivity index is 2.16. The van der Waals surface area contributed by atoms with Crippen LogP contribution in [-0.2, 0) is 11.5 Å². The van der Waals surface area contributed by atoms with Gasteiger partial charge in [0.2, 0.25) is 0 Å². The normalized spacial score (nSPS) is 14.6. The molecule has 2 aromatic rings. The molecule has 0 aliphatic heterocycles. The maximum absolute atomic E-state index is 9.32. The van der Waals surface area contributed by atoms with Crippen molar-refractivity contribution >= 4 is 32.8 Å². The third-order valence-corrected chi connectivity index (χ3v) is 3.49. The molecule has 0 saturated heterocycles. The van der Waals surface area contributed by atoms with Gasteiger partial charge in [0.1, 0.15) is 24.5 Å². The van der Waals surface area contributed by atoms with Crippen molar-refractivity contribution in [1.29, 1.82) is 0 Å². The van der Waals surface area contributed by atoms with Gasteiger partial charge in [-0.2, -0.15) is 0 Å². The molecule has 0 amide bonds. The van der Waals surface area contributed by atoms with Gasteiger partial charge in [0.25, 0.3) is 0 Å². The highest BCUT2D eigenvalue weighted by atomic mass is 79.9. The predicted molar refractivity (Wildman–Crippen MR) is 77.9 cm³/mol. The molecule has 0 fully saturated rings. The van der Waals surface area contributed by atoms with Crippen LogP contribution in [0.15, 0.2) is 17.0 Å². The van der Waals surface area contributed by atoms with E-state index in [-0.39, 0.29) is 13.3 Å². The van der Waals surface area contributed by atoms with E-state index in [1.54, 1.807) is 17.7 Å². The maximum Gasteiger partial charge on any atom is 0.148 e. The number of aliphatic hydroxyl groups is 2. The molecule has 0 bridgehead atoms. The summed E-state index contributed by atoms with van der Waals surface area (Å²) in [6, 6.07) is 0. The molecule has 2 aromatic heterocycles. The molecule has 0 radical (unpaired) electrons. The van der Waals surface area contributed by atoms with E-state index in [9.17, 15) is 10.2 Å². The molecule has 2 rings (SSSR count). The summed E-state index contributed by atoms with van der Waals surface area (Å²) in [7, 11) is 0. The molecule has 0 aromatic carbocycles. The van der Waals surface area contributed by atoms with E-state index in [2.05, 4.69) is 25.9 Å². The van der Waals surface area contributed by atoms with Crippen molar-refractivity contribution in [2.24, 2.45) is 0 Å². The van der Waals surface area contributed by atoms with E-state index in [1.807, 2.05) is 0 Å². The predicted octanol–water partition coefficient (Wildman–Crippen LogP) is 0.882. The lowest BCUT2D eigenvalue weighted by Gasteiger charge is -2.17. The van der Waals surface area contributed by atoms with E-state index in [0.29, 0.717) is 17.9 Å². The van der Waals surface area contributed by atoms with Crippen molar-refractivity contribution in [2.75, 3.05) is 12.3 Å². The molecule has 4 N–H and O–H groups in total. The second-order valence-electron chi connectivity index (χ2n) is 4.59. The van der Waals surface area contributed by atoms with Crippen LogP contribution in [0.4, 0.5) is 5.82 Å². The van der Waals surface area contributed by atoms with E-state index in [1.165, 1.54) is 6.33 Å². The van der Waals surface area contributed by atoms with Gasteiger partial charge in [-0.25, -0.2) is 9.97 Å². The van der Waals surface area contributed by atoms with Crippen LogP contribution in [0.1, 0.15) is 13.3 Å². The minimum absolute atomic E-state index is 0.150. The standard InChI is InChI=1S/C12H17BrN4O3/c1-7(19)2-8(4-18)20-6-17-3-9(13)10-11(14)15-5-16-12(10)17/h3,5,7-8,18-19H,2,4,6H2,1H3,(H2,14,15,16). The van der Waals surface area contributed by atoms with Gasteiger partial charge in [-0.1, -0.05) is 0 Å². The summed E-state index contributed by atoms with van der Waals surface area (Å²) >= 11 is 3.41. The summed E-state index contributed by atoms with van der Waals surface area (Å²) in [6.07, 6.45) is 2.60. The van der Waals surface area contributed by atoms with Crippen LogP contribution < -0.4 is 5.73 Å². The number of anilines is 1. The van der Waals surface area contributed by atoms with Crippen LogP contribution in [0.5, 0.6) is 0 Å². The Morgan fingerprint density at radius 2 is 2.25 bits per heavy atom. The van der Waals surface area contributed by atoms with E-state index < -0.39 is 12.2 Å². The molecule has 20 heavy (non-hydrogen) atoms. The zero-order chi connectivity index (χ0) is 14.7. The monoisotopic (exact) mass is 344 g/mol. The molecule has 0 spiro atoms. The lowest BCUT2D eigenvalue weighted by Crippen LogP contribution is -2.24. The van der Waals surface area contributed by atoms with Crippen molar-refractivity contribution in [3.05, 3.63) is 17.0 Å². The largest absolute Gasteiger partial charge is 0.394 e. The molecule has 2 heterocycles. The fourth-order valence-corrected chi connectivity index (χ4v) is 2.59. The second-order valence-corrected chi connectivity index (χ2v) is 5.44. The fraction of sp³-hybridized carbons (Fsp3) is 0.500. The lowest BCUT2D eigenvalue weighted by molar-refractivity contribution is -0.0433. The highest BCUT2D eigenvalue weighted by molar-refractivity contribution is 9.10. The topological polar surface area (TPSA) is 106 Å². The average molecular weight is 345 g/mol. The Hall–Kier alpha value is -1.22. The van der Waals surface area contributed by atoms with Crippen molar-refractivity contribution in [3.63, 3.8) is 0 Å². The first kappa shape index (κ1) is 15.2. The first-order valence-electron chi connectivity index (χ1n) is 6.18. The number of aliphatic hydroxyl groups excluding tert-OH is 2. The van der Waals surface area contributed by atoms with E-state index in [4.69, 9.17) is 10.5 Å². The highest BCUT2D eigenvalue weighted by Gasteiger charge is 2.15. The third kappa shape index (κ3) is 3.26. The van der Waals surface area contributed by atoms with Gasteiger partial charge >= 0.3 is 0 Å². The van der Waals surface area contributed by atoms with Crippen LogP contribution >= 0.6 is 15.9 Å². The Kier molecular flexibility index (Phi) is 4.92. The van der Waals surface area contributed by atoms with Gasteiger partial charge in [-0.05, 0) is 22.9 Å². The van der Waals surface area contributed by atoms with Crippen molar-refractivity contribution < 1.29 is 14.9 Å². The van der Waals surface area contributed by atoms with E-state index >= 15 is 0 Å². The molecular formula is C12H17BrN4O3. The first-order chi connectivity index (χ1) is 9.52. The van der Waals surface area contributed by atoms with Gasteiger partial charge in [0.05, 0.1) is 24.2 Å². The van der Waals surface area contributed by atoms with Gasteiger partial charge in [-0.3, -0.25) is 0 Å². The van der Waals surface area contributed by atoms with Gasteiger partial charge < -0.3 is 25.3 Å². The zero-order valence-electron chi connectivity index (χ0n) is 11.0. The number of hydrogen-bond donors (Lipinski definition) is 3. The minimum Gasteiger partial charge on any atom is -0.394 e. The van der Waals surface area contributed by atoms with E-state index in [0.717, 1.165) is 9.86 Å². The summed E-state index contributed by atoms with van der Waals surface area (Å²) in [5.41, 5.74) is 6.46. The Morgan fingerprint density at radius 1 is 1.50 bits per heavy atom. The number of hydrogen-bond acceptors (Lipinski definition) is 6. The van der Waals surface area contributed by atoms with Crippen LogP contribution in [0.25, 0.3) is 11.0 Å². The van der Waals surface area contributed by atoms with Gasteiger partial charge in [0, 0.05) is 17.1 Å². The van der Waals surface area contributed by atoms with Crippen molar-refractivity contribution in [1.82, 2.24) is 14.5 Å². The fourth-order valence-electron chi connectivity index (χ4n) is 1.96. The summed E-state index contributed by atoms with van der Waals surface area (Å²) in [4.78, 5) is 8.12. The number of nitrogens with zero attached hydrogens (tertiary/aromatic N) is 3. The molecular weight excluding hydrogens is 328 g/mol. The summed E-state index contributed by atoms with van der Waals surface area (Å²) in [6.45, 7) is 1.71. The average Bonchev–Trinajstić information content (AvgIpc) is 2.72.